The summed E-state index contributed by atoms with van der Waals surface area (Å²) in [6, 6.07) is 20.9. The van der Waals surface area contributed by atoms with Crippen LogP contribution in [0.2, 0.25) is 0 Å². The molecule has 1 amide bonds. The highest BCUT2D eigenvalue weighted by molar-refractivity contribution is 6.03. The van der Waals surface area contributed by atoms with Crippen molar-refractivity contribution in [1.29, 1.82) is 0 Å². The number of nitrogens with one attached hydrogen (secondary N) is 1. The van der Waals surface area contributed by atoms with Crippen molar-refractivity contribution in [2.45, 2.75) is 6.61 Å². The molecule has 0 saturated carbocycles. The summed E-state index contributed by atoms with van der Waals surface area (Å²) < 4.78 is 16.4. The number of nitrogens with zero attached hydrogens (tertiary/aromatic N) is 1. The van der Waals surface area contributed by atoms with E-state index in [0.717, 1.165) is 10.8 Å². The van der Waals surface area contributed by atoms with E-state index in [4.69, 9.17) is 13.9 Å². The quantitative estimate of drug-likeness (QED) is 0.328. The lowest BCUT2D eigenvalue weighted by Crippen LogP contribution is -2.12. The molecule has 0 aliphatic carbocycles. The molecule has 0 aliphatic heterocycles. The van der Waals surface area contributed by atoms with E-state index in [1.807, 2.05) is 42.5 Å². The molecular weight excluding hydrogens is 400 g/mol. The van der Waals surface area contributed by atoms with Crippen molar-refractivity contribution in [3.8, 4) is 11.5 Å². The fourth-order valence-electron chi connectivity index (χ4n) is 3.13. The van der Waals surface area contributed by atoms with Gasteiger partial charge in [-0.05, 0) is 35.7 Å². The lowest BCUT2D eigenvalue weighted by Gasteiger charge is -2.08. The van der Waals surface area contributed by atoms with Gasteiger partial charge in [0.15, 0.2) is 5.76 Å². The molecule has 4 rings (SSSR count). The number of amides is 1. The summed E-state index contributed by atoms with van der Waals surface area (Å²) in [5.74, 6) is 0.874. The van der Waals surface area contributed by atoms with E-state index in [-0.39, 0.29) is 23.7 Å². The molecule has 1 heterocycles. The standard InChI is InChI=1S/C23H18N2O6/c1-29-16-9-11-19(20(13-16)25(27)28)24-23(26)22-12-10-17(31-22)14-30-21-8-4-6-15-5-2-3-7-18(15)21/h2-13H,14H2,1H3,(H,24,26). The molecule has 156 valence electrons. The average molecular weight is 418 g/mol. The topological polar surface area (TPSA) is 104 Å². The van der Waals surface area contributed by atoms with Crippen molar-refractivity contribution < 1.29 is 23.6 Å². The van der Waals surface area contributed by atoms with Crippen LogP contribution < -0.4 is 14.8 Å². The number of nitro benzene ring substituents is 1. The number of hydrogen-bond acceptors (Lipinski definition) is 6. The van der Waals surface area contributed by atoms with Crippen molar-refractivity contribution in [3.63, 3.8) is 0 Å². The molecule has 1 N–H and O–H groups in total. The number of furan rings is 1. The summed E-state index contributed by atoms with van der Waals surface area (Å²) in [5, 5.41) is 15.8. The molecule has 0 saturated heterocycles. The third kappa shape index (κ3) is 4.32. The van der Waals surface area contributed by atoms with Crippen LogP contribution in [0.25, 0.3) is 10.8 Å². The first-order chi connectivity index (χ1) is 15.0. The van der Waals surface area contributed by atoms with Crippen LogP contribution in [0.5, 0.6) is 11.5 Å². The zero-order valence-corrected chi connectivity index (χ0v) is 16.5. The predicted molar refractivity (Wildman–Crippen MR) is 115 cm³/mol. The van der Waals surface area contributed by atoms with Gasteiger partial charge in [-0.3, -0.25) is 14.9 Å². The van der Waals surface area contributed by atoms with E-state index in [1.165, 1.54) is 31.4 Å². The molecule has 1 aromatic heterocycles. The van der Waals surface area contributed by atoms with Gasteiger partial charge in [-0.1, -0.05) is 36.4 Å². The molecule has 0 spiro atoms. The number of fused-ring (bicyclic) bond motifs is 1. The largest absolute Gasteiger partial charge is 0.496 e. The summed E-state index contributed by atoms with van der Waals surface area (Å²) >= 11 is 0. The Kier molecular flexibility index (Phi) is 5.53. The summed E-state index contributed by atoms with van der Waals surface area (Å²) in [6.45, 7) is 0.129. The number of rotatable bonds is 7. The van der Waals surface area contributed by atoms with Gasteiger partial charge in [-0.2, -0.15) is 0 Å². The Morgan fingerprint density at radius 1 is 1.06 bits per heavy atom. The fraction of sp³-hybridized carbons (Fsp3) is 0.0870. The normalized spacial score (nSPS) is 10.6. The van der Waals surface area contributed by atoms with Gasteiger partial charge >= 0.3 is 0 Å². The molecule has 8 heteroatoms. The number of ether oxygens (including phenoxy) is 2. The summed E-state index contributed by atoms with van der Waals surface area (Å²) in [6.07, 6.45) is 0. The minimum absolute atomic E-state index is 0.0154. The number of nitro groups is 1. The lowest BCUT2D eigenvalue weighted by molar-refractivity contribution is -0.384. The number of carbonyl (C=O) groups is 1. The summed E-state index contributed by atoms with van der Waals surface area (Å²) in [5.41, 5.74) is -0.237. The number of anilines is 1. The lowest BCUT2D eigenvalue weighted by atomic mass is 10.1. The Morgan fingerprint density at radius 2 is 1.87 bits per heavy atom. The number of methoxy groups -OCH3 is 1. The van der Waals surface area contributed by atoms with Crippen molar-refractivity contribution >= 4 is 28.1 Å². The highest BCUT2D eigenvalue weighted by atomic mass is 16.6. The Hall–Kier alpha value is -4.33. The van der Waals surface area contributed by atoms with Gasteiger partial charge in [0.2, 0.25) is 0 Å². The third-order valence-electron chi connectivity index (χ3n) is 4.65. The minimum Gasteiger partial charge on any atom is -0.496 e. The Balaban J connectivity index is 1.46. The van der Waals surface area contributed by atoms with E-state index < -0.39 is 10.8 Å². The van der Waals surface area contributed by atoms with Crippen LogP contribution in [0.4, 0.5) is 11.4 Å². The van der Waals surface area contributed by atoms with Gasteiger partial charge in [-0.15, -0.1) is 0 Å². The Bertz CT molecular complexity index is 1260. The second-order valence-corrected chi connectivity index (χ2v) is 6.63. The van der Waals surface area contributed by atoms with Gasteiger partial charge in [0.1, 0.15) is 29.6 Å². The summed E-state index contributed by atoms with van der Waals surface area (Å²) in [7, 11) is 1.40. The smallest absolute Gasteiger partial charge is 0.296 e. The van der Waals surface area contributed by atoms with Crippen LogP contribution in [-0.4, -0.2) is 17.9 Å². The fourth-order valence-corrected chi connectivity index (χ4v) is 3.13. The number of hydrogen-bond donors (Lipinski definition) is 1. The van der Waals surface area contributed by atoms with Crippen molar-refractivity contribution in [2.75, 3.05) is 12.4 Å². The van der Waals surface area contributed by atoms with E-state index in [0.29, 0.717) is 17.3 Å². The van der Waals surface area contributed by atoms with Gasteiger partial charge in [0, 0.05) is 5.39 Å². The Morgan fingerprint density at radius 3 is 2.68 bits per heavy atom. The van der Waals surface area contributed by atoms with E-state index >= 15 is 0 Å². The van der Waals surface area contributed by atoms with Gasteiger partial charge in [-0.25, -0.2) is 0 Å². The predicted octanol–water partition coefficient (Wildman–Crippen LogP) is 5.18. The van der Waals surface area contributed by atoms with Crippen LogP contribution in [0.1, 0.15) is 16.3 Å². The SMILES string of the molecule is COc1ccc(NC(=O)c2ccc(COc3cccc4ccccc34)o2)c([N+](=O)[O-])c1. The monoisotopic (exact) mass is 418 g/mol. The molecule has 0 aliphatic rings. The molecule has 8 nitrogen and oxygen atoms in total. The Labute approximate surface area is 177 Å². The molecule has 31 heavy (non-hydrogen) atoms. The van der Waals surface area contributed by atoms with Crippen LogP contribution in [0.3, 0.4) is 0 Å². The molecule has 0 bridgehead atoms. The molecule has 4 aromatic rings. The van der Waals surface area contributed by atoms with E-state index in [9.17, 15) is 14.9 Å². The summed E-state index contributed by atoms with van der Waals surface area (Å²) in [4.78, 5) is 23.2. The number of carbonyl (C=O) groups excluding carboxylic acids is 1. The van der Waals surface area contributed by atoms with Crippen molar-refractivity contribution in [1.82, 2.24) is 0 Å². The highest BCUT2D eigenvalue weighted by Crippen LogP contribution is 2.30. The van der Waals surface area contributed by atoms with E-state index in [2.05, 4.69) is 5.32 Å². The molecule has 0 fully saturated rings. The second-order valence-electron chi connectivity index (χ2n) is 6.63. The zero-order chi connectivity index (χ0) is 21.8. The molecular formula is C23H18N2O6. The maximum atomic E-state index is 12.5. The van der Waals surface area contributed by atoms with Crippen LogP contribution in [0, 0.1) is 10.1 Å². The highest BCUT2D eigenvalue weighted by Gasteiger charge is 2.20. The third-order valence-corrected chi connectivity index (χ3v) is 4.65. The van der Waals surface area contributed by atoms with E-state index in [1.54, 1.807) is 6.07 Å². The van der Waals surface area contributed by atoms with Gasteiger partial charge in [0.05, 0.1) is 18.1 Å². The van der Waals surface area contributed by atoms with Gasteiger partial charge < -0.3 is 19.2 Å². The molecule has 0 radical (unpaired) electrons. The van der Waals surface area contributed by atoms with Crippen LogP contribution in [0.15, 0.2) is 77.2 Å². The van der Waals surface area contributed by atoms with Gasteiger partial charge in [0.25, 0.3) is 11.6 Å². The average Bonchev–Trinajstić information content (AvgIpc) is 3.27. The van der Waals surface area contributed by atoms with Crippen molar-refractivity contribution in [3.05, 3.63) is 94.4 Å². The number of benzene rings is 3. The maximum Gasteiger partial charge on any atom is 0.296 e. The molecule has 0 unspecified atom stereocenters. The zero-order valence-electron chi connectivity index (χ0n) is 16.5. The van der Waals surface area contributed by atoms with Crippen LogP contribution in [-0.2, 0) is 6.61 Å². The van der Waals surface area contributed by atoms with Crippen molar-refractivity contribution in [2.24, 2.45) is 0 Å². The second kappa shape index (κ2) is 8.58. The first-order valence-corrected chi connectivity index (χ1v) is 9.38. The van der Waals surface area contributed by atoms with Crippen LogP contribution >= 0.6 is 0 Å². The maximum absolute atomic E-state index is 12.5. The first kappa shape index (κ1) is 20.0. The molecule has 3 aromatic carbocycles. The minimum atomic E-state index is -0.607. The molecule has 0 atom stereocenters. The first-order valence-electron chi connectivity index (χ1n) is 9.38.